The fraction of sp³-hybridized carbons (Fsp3) is 0.364. The number of para-hydroxylation sites is 1. The molecule has 2 heterocycles. The predicted molar refractivity (Wildman–Crippen MR) is 174 cm³/mol. The van der Waals surface area contributed by atoms with Crippen molar-refractivity contribution in [3.63, 3.8) is 0 Å². The maximum Gasteiger partial charge on any atom is 0.355 e. The molecule has 0 radical (unpaired) electrons. The van der Waals surface area contributed by atoms with Gasteiger partial charge in [-0.25, -0.2) is 14.3 Å². The van der Waals surface area contributed by atoms with E-state index in [2.05, 4.69) is 10.2 Å². The molecule has 0 aliphatic heterocycles. The fourth-order valence-electron chi connectivity index (χ4n) is 5.04. The molecule has 0 saturated heterocycles. The van der Waals surface area contributed by atoms with Gasteiger partial charge in [-0.05, 0) is 43.5 Å². The minimum absolute atomic E-state index is 0.00540. The zero-order chi connectivity index (χ0) is 34.0. The summed E-state index contributed by atoms with van der Waals surface area (Å²) >= 11 is 0. The van der Waals surface area contributed by atoms with Gasteiger partial charge in [0.2, 0.25) is 0 Å². The highest BCUT2D eigenvalue weighted by Crippen LogP contribution is 2.43. The summed E-state index contributed by atoms with van der Waals surface area (Å²) in [7, 11) is 0. The summed E-state index contributed by atoms with van der Waals surface area (Å²) in [4.78, 5) is 38.3. The van der Waals surface area contributed by atoms with Gasteiger partial charge in [0.05, 0.1) is 29.5 Å². The van der Waals surface area contributed by atoms with E-state index in [4.69, 9.17) is 20.3 Å². The molecule has 0 aliphatic rings. The number of ether oxygens (including phenoxy) is 2. The van der Waals surface area contributed by atoms with Crippen molar-refractivity contribution in [2.24, 2.45) is 10.2 Å². The molecule has 4 rings (SSSR count). The topological polar surface area (TPSA) is 169 Å². The Morgan fingerprint density at radius 1 is 0.870 bits per heavy atom. The molecule has 0 bridgehead atoms. The molecule has 0 amide bonds. The highest BCUT2D eigenvalue weighted by molar-refractivity contribution is 6.03. The van der Waals surface area contributed by atoms with Crippen LogP contribution < -0.4 is 5.73 Å². The molecular weight excluding hydrogens is 590 g/mol. The van der Waals surface area contributed by atoms with Crippen LogP contribution in [0.5, 0.6) is 0 Å². The van der Waals surface area contributed by atoms with Crippen LogP contribution in [0.15, 0.2) is 64.8 Å². The van der Waals surface area contributed by atoms with E-state index in [0.717, 1.165) is 0 Å². The van der Waals surface area contributed by atoms with Crippen molar-refractivity contribution in [3.05, 3.63) is 87.2 Å². The first-order valence-corrected chi connectivity index (χ1v) is 14.9. The van der Waals surface area contributed by atoms with E-state index in [-0.39, 0.29) is 47.5 Å². The number of esters is 2. The number of nitrogens with two attached hydrogens (primary N) is 1. The Balaban J connectivity index is 2.13. The number of carbonyl (C=O) groups is 2. The van der Waals surface area contributed by atoms with Crippen molar-refractivity contribution >= 4 is 34.9 Å². The number of nitro groups is 1. The summed E-state index contributed by atoms with van der Waals surface area (Å²) in [6.07, 6.45) is 0. The average Bonchev–Trinajstić information content (AvgIpc) is 3.52. The summed E-state index contributed by atoms with van der Waals surface area (Å²) in [5, 5.41) is 25.4. The summed E-state index contributed by atoms with van der Waals surface area (Å²) < 4.78 is 13.9. The normalized spacial score (nSPS) is 12.0. The van der Waals surface area contributed by atoms with Crippen LogP contribution >= 0.6 is 0 Å². The van der Waals surface area contributed by atoms with Crippen LogP contribution in [-0.2, 0) is 20.3 Å². The lowest BCUT2D eigenvalue weighted by molar-refractivity contribution is -0.384. The zero-order valence-electron chi connectivity index (χ0n) is 27.3. The molecule has 242 valence electrons. The monoisotopic (exact) mass is 629 g/mol. The van der Waals surface area contributed by atoms with E-state index < -0.39 is 27.7 Å². The number of nitro benzene ring substituents is 1. The molecule has 0 unspecified atom stereocenters. The van der Waals surface area contributed by atoms with Gasteiger partial charge in [0.1, 0.15) is 11.3 Å². The van der Waals surface area contributed by atoms with E-state index in [9.17, 15) is 19.7 Å². The zero-order valence-corrected chi connectivity index (χ0v) is 27.3. The summed E-state index contributed by atoms with van der Waals surface area (Å²) in [6, 6.07) is 14.8. The second kappa shape index (κ2) is 13.0. The van der Waals surface area contributed by atoms with Crippen molar-refractivity contribution in [2.45, 2.75) is 66.2 Å². The lowest BCUT2D eigenvalue weighted by atomic mass is 9.84. The fourth-order valence-corrected chi connectivity index (χ4v) is 5.04. The smallest absolute Gasteiger partial charge is 0.355 e. The number of hydrogen-bond donors (Lipinski definition) is 1. The number of nitrogen functional groups attached to an aromatic ring is 1. The molecule has 2 N–H and O–H groups in total. The summed E-state index contributed by atoms with van der Waals surface area (Å²) in [5.41, 5.74) is 7.36. The number of hydrogen-bond acceptors (Lipinski definition) is 10. The van der Waals surface area contributed by atoms with E-state index in [1.807, 2.05) is 71.9 Å². The molecule has 13 heteroatoms. The largest absolute Gasteiger partial charge is 0.462 e. The molecule has 0 aliphatic carbocycles. The number of aromatic nitrogens is 3. The van der Waals surface area contributed by atoms with Crippen LogP contribution in [0.2, 0.25) is 0 Å². The van der Waals surface area contributed by atoms with Gasteiger partial charge in [-0.15, -0.1) is 10.2 Å². The molecule has 0 saturated carbocycles. The average molecular weight is 630 g/mol. The van der Waals surface area contributed by atoms with Crippen LogP contribution in [0.3, 0.4) is 0 Å². The van der Waals surface area contributed by atoms with Gasteiger partial charge in [-0.3, -0.25) is 14.7 Å². The van der Waals surface area contributed by atoms with E-state index in [0.29, 0.717) is 22.6 Å². The Morgan fingerprint density at radius 2 is 1.46 bits per heavy atom. The Morgan fingerprint density at radius 3 is 1.98 bits per heavy atom. The number of benzene rings is 2. The molecule has 0 spiro atoms. The van der Waals surface area contributed by atoms with Gasteiger partial charge in [0, 0.05) is 28.8 Å². The highest BCUT2D eigenvalue weighted by atomic mass is 16.6. The minimum Gasteiger partial charge on any atom is -0.462 e. The molecule has 2 aromatic heterocycles. The van der Waals surface area contributed by atoms with Crippen molar-refractivity contribution < 1.29 is 24.0 Å². The standard InChI is InChI=1S/C33H39N7O6/c1-9-45-30(41)23-24(32(3,4)5)26(31(42)46-10-2)38(20-16-18-22(19-17-20)40(43)44)29(23)36-35-25-27(33(6,7)8)37-39(28(25)34)21-14-12-11-13-15-21/h11-19H,9-10,34H2,1-8H3. The van der Waals surface area contributed by atoms with Crippen LogP contribution in [-0.4, -0.2) is 44.4 Å². The van der Waals surface area contributed by atoms with Crippen molar-refractivity contribution in [2.75, 3.05) is 18.9 Å². The number of non-ortho nitro benzene ring substituents is 1. The highest BCUT2D eigenvalue weighted by Gasteiger charge is 2.39. The third-order valence-electron chi connectivity index (χ3n) is 7.01. The van der Waals surface area contributed by atoms with Crippen LogP contribution in [0.1, 0.15) is 87.5 Å². The molecule has 0 atom stereocenters. The Hall–Kier alpha value is -5.33. The molecule has 0 fully saturated rings. The number of anilines is 1. The predicted octanol–water partition coefficient (Wildman–Crippen LogP) is 7.52. The number of rotatable bonds is 9. The summed E-state index contributed by atoms with van der Waals surface area (Å²) in [6.45, 7) is 14.9. The molecule has 4 aromatic rings. The van der Waals surface area contributed by atoms with Gasteiger partial charge in [0.15, 0.2) is 17.3 Å². The maximum atomic E-state index is 13.7. The van der Waals surface area contributed by atoms with E-state index >= 15 is 0 Å². The molecule has 46 heavy (non-hydrogen) atoms. The second-order valence-electron chi connectivity index (χ2n) is 12.5. The number of azo groups is 1. The third-order valence-corrected chi connectivity index (χ3v) is 7.01. The molecule has 13 nitrogen and oxygen atoms in total. The SMILES string of the molecule is CCOC(=O)c1c(C(C)(C)C)c(C(=O)OCC)n(-c2ccc([N+](=O)[O-])cc2)c1N=Nc1c(C(C)(C)C)nn(-c2ccccc2)c1N. The first-order chi connectivity index (χ1) is 21.6. The van der Waals surface area contributed by atoms with E-state index in [1.165, 1.54) is 28.8 Å². The molecular formula is C33H39N7O6. The molecule has 2 aromatic carbocycles. The Labute approximate surface area is 267 Å². The van der Waals surface area contributed by atoms with Crippen molar-refractivity contribution in [1.29, 1.82) is 0 Å². The van der Waals surface area contributed by atoms with Crippen molar-refractivity contribution in [1.82, 2.24) is 14.3 Å². The van der Waals surface area contributed by atoms with Gasteiger partial charge in [-0.2, -0.15) is 5.10 Å². The first kappa shape index (κ1) is 33.6. The minimum atomic E-state index is -0.797. The van der Waals surface area contributed by atoms with Crippen LogP contribution in [0, 0.1) is 10.1 Å². The van der Waals surface area contributed by atoms with E-state index in [1.54, 1.807) is 18.5 Å². The Bertz CT molecular complexity index is 1790. The summed E-state index contributed by atoms with van der Waals surface area (Å²) in [5.74, 6) is -1.26. The van der Waals surface area contributed by atoms with Gasteiger partial charge in [-0.1, -0.05) is 59.7 Å². The van der Waals surface area contributed by atoms with Gasteiger partial charge in [0.25, 0.3) is 5.69 Å². The lowest BCUT2D eigenvalue weighted by Gasteiger charge is -2.21. The number of nitrogens with zero attached hydrogens (tertiary/aromatic N) is 6. The quantitative estimate of drug-likeness (QED) is 0.0857. The van der Waals surface area contributed by atoms with Crippen LogP contribution in [0.25, 0.3) is 11.4 Å². The second-order valence-corrected chi connectivity index (χ2v) is 12.5. The van der Waals surface area contributed by atoms with Gasteiger partial charge >= 0.3 is 11.9 Å². The Kier molecular flexibility index (Phi) is 9.45. The van der Waals surface area contributed by atoms with Crippen molar-refractivity contribution in [3.8, 4) is 11.4 Å². The first-order valence-electron chi connectivity index (χ1n) is 14.9. The van der Waals surface area contributed by atoms with Gasteiger partial charge < -0.3 is 15.2 Å². The lowest BCUT2D eigenvalue weighted by Crippen LogP contribution is -2.22. The number of carbonyl (C=O) groups excluding carboxylic acids is 2. The maximum absolute atomic E-state index is 13.7. The third kappa shape index (κ3) is 6.53. The van der Waals surface area contributed by atoms with Crippen LogP contribution in [0.4, 0.5) is 23.0 Å².